The highest BCUT2D eigenvalue weighted by atomic mass is 32.2. The van der Waals surface area contributed by atoms with Crippen LogP contribution in [0, 0.1) is 0 Å². The molecule has 0 radical (unpaired) electrons. The molecule has 1 saturated heterocycles. The highest BCUT2D eigenvalue weighted by Gasteiger charge is 2.36. The molecule has 3 aliphatic heterocycles. The number of nitrogens with zero attached hydrogens (tertiary/aromatic N) is 2. The number of nitrogens with one attached hydrogen (secondary N) is 1. The Labute approximate surface area is 167 Å². The number of rotatable bonds is 2. The molecule has 1 fully saturated rings. The first-order valence-corrected chi connectivity index (χ1v) is 10.4. The molecule has 3 aliphatic rings. The van der Waals surface area contributed by atoms with Crippen molar-refractivity contribution in [2.45, 2.75) is 50.5 Å². The number of thioether (sulfide) groups is 1. The second-order valence-electron chi connectivity index (χ2n) is 8.04. The van der Waals surface area contributed by atoms with E-state index in [9.17, 15) is 4.79 Å². The lowest BCUT2D eigenvalue weighted by atomic mass is 9.94. The number of H-pyrrole nitrogens is 1. The van der Waals surface area contributed by atoms with E-state index in [0.717, 1.165) is 40.8 Å². The van der Waals surface area contributed by atoms with Gasteiger partial charge in [0, 0.05) is 6.61 Å². The van der Waals surface area contributed by atoms with Gasteiger partial charge in [0.15, 0.2) is 17.3 Å². The maximum atomic E-state index is 13.0. The number of hydrogen-bond acceptors (Lipinski definition) is 6. The van der Waals surface area contributed by atoms with Crippen LogP contribution in [0.1, 0.15) is 56.0 Å². The van der Waals surface area contributed by atoms with Gasteiger partial charge in [-0.1, -0.05) is 17.8 Å². The van der Waals surface area contributed by atoms with Gasteiger partial charge in [-0.25, -0.2) is 4.99 Å². The molecule has 0 amide bonds. The Morgan fingerprint density at radius 3 is 2.93 bits per heavy atom. The molecule has 8 heteroatoms. The zero-order chi connectivity index (χ0) is 19.5. The minimum atomic E-state index is -0.212. The van der Waals surface area contributed by atoms with Gasteiger partial charge >= 0.3 is 0 Å². The summed E-state index contributed by atoms with van der Waals surface area (Å²) in [5.41, 5.74) is 1.43. The number of hydrogen-bond donors (Lipinski definition) is 1. The van der Waals surface area contributed by atoms with Crippen LogP contribution in [0.3, 0.4) is 0 Å². The molecule has 5 rings (SSSR count). The molecular weight excluding hydrogens is 378 g/mol. The highest BCUT2D eigenvalue weighted by Crippen LogP contribution is 2.47. The van der Waals surface area contributed by atoms with Crippen molar-refractivity contribution in [3.63, 3.8) is 0 Å². The Hall–Kier alpha value is -2.19. The van der Waals surface area contributed by atoms with Crippen molar-refractivity contribution in [1.29, 1.82) is 0 Å². The molecule has 2 atom stereocenters. The fraction of sp³-hybridized carbons (Fsp3) is 0.500. The van der Waals surface area contributed by atoms with Gasteiger partial charge in [0.2, 0.25) is 6.79 Å². The SMILES string of the molecule is CC1=Nc2c(c(=O)[nH]n2[C@@H]2CCOC(C)(C)C2)[C@H](c2ccc3c(c2)OCO3)S1. The van der Waals surface area contributed by atoms with E-state index >= 15 is 0 Å². The maximum absolute atomic E-state index is 13.0. The van der Waals surface area contributed by atoms with E-state index in [1.54, 1.807) is 11.8 Å². The van der Waals surface area contributed by atoms with Crippen LogP contribution in [0.25, 0.3) is 0 Å². The van der Waals surface area contributed by atoms with Crippen molar-refractivity contribution in [1.82, 2.24) is 9.78 Å². The molecule has 148 valence electrons. The molecule has 0 saturated carbocycles. The number of benzene rings is 1. The first-order chi connectivity index (χ1) is 13.4. The number of aromatic nitrogens is 2. The summed E-state index contributed by atoms with van der Waals surface area (Å²) >= 11 is 1.60. The lowest BCUT2D eigenvalue weighted by Gasteiger charge is -2.36. The summed E-state index contributed by atoms with van der Waals surface area (Å²) in [4.78, 5) is 17.7. The van der Waals surface area contributed by atoms with Crippen molar-refractivity contribution in [3.8, 4) is 11.5 Å². The number of aliphatic imine (C=N–C) groups is 1. The lowest BCUT2D eigenvalue weighted by Crippen LogP contribution is -2.35. The molecule has 7 nitrogen and oxygen atoms in total. The van der Waals surface area contributed by atoms with Gasteiger partial charge in [0.25, 0.3) is 5.56 Å². The first-order valence-electron chi connectivity index (χ1n) is 9.51. The van der Waals surface area contributed by atoms with Gasteiger partial charge in [-0.15, -0.1) is 0 Å². The minimum Gasteiger partial charge on any atom is -0.454 e. The normalized spacial score (nSPS) is 25.3. The van der Waals surface area contributed by atoms with Crippen LogP contribution in [0.2, 0.25) is 0 Å². The minimum absolute atomic E-state index is 0.0780. The van der Waals surface area contributed by atoms with Gasteiger partial charge in [0.05, 0.1) is 27.5 Å². The van der Waals surface area contributed by atoms with E-state index in [1.807, 2.05) is 29.8 Å². The highest BCUT2D eigenvalue weighted by molar-refractivity contribution is 8.14. The second kappa shape index (κ2) is 6.42. The molecule has 0 bridgehead atoms. The number of ether oxygens (including phenoxy) is 3. The molecule has 0 unspecified atom stereocenters. The zero-order valence-corrected chi connectivity index (χ0v) is 17.0. The monoisotopic (exact) mass is 401 g/mol. The lowest BCUT2D eigenvalue weighted by molar-refractivity contribution is -0.0705. The molecule has 1 aromatic carbocycles. The van der Waals surface area contributed by atoms with Crippen LogP contribution < -0.4 is 15.0 Å². The van der Waals surface area contributed by atoms with Gasteiger partial charge in [-0.2, -0.15) is 0 Å². The molecule has 0 aliphatic carbocycles. The van der Waals surface area contributed by atoms with Crippen molar-refractivity contribution in [2.75, 3.05) is 13.4 Å². The Kier molecular flexibility index (Phi) is 4.10. The van der Waals surface area contributed by atoms with Crippen molar-refractivity contribution in [2.24, 2.45) is 4.99 Å². The van der Waals surface area contributed by atoms with Crippen LogP contribution in [-0.2, 0) is 4.74 Å². The van der Waals surface area contributed by atoms with Crippen molar-refractivity contribution < 1.29 is 14.2 Å². The van der Waals surface area contributed by atoms with Crippen LogP contribution in [0.15, 0.2) is 28.0 Å². The third kappa shape index (κ3) is 2.95. The van der Waals surface area contributed by atoms with Crippen molar-refractivity contribution in [3.05, 3.63) is 39.7 Å². The van der Waals surface area contributed by atoms with E-state index in [0.29, 0.717) is 12.2 Å². The summed E-state index contributed by atoms with van der Waals surface area (Å²) in [6.07, 6.45) is 1.69. The quantitative estimate of drug-likeness (QED) is 0.825. The molecule has 4 heterocycles. The largest absolute Gasteiger partial charge is 0.454 e. The zero-order valence-electron chi connectivity index (χ0n) is 16.2. The Bertz CT molecular complexity index is 1020. The molecule has 1 aromatic heterocycles. The Balaban J connectivity index is 1.58. The molecule has 28 heavy (non-hydrogen) atoms. The van der Waals surface area contributed by atoms with E-state index < -0.39 is 0 Å². The van der Waals surface area contributed by atoms with Gasteiger partial charge in [0.1, 0.15) is 0 Å². The number of fused-ring (bicyclic) bond motifs is 2. The van der Waals surface area contributed by atoms with Crippen LogP contribution in [0.5, 0.6) is 11.5 Å². The van der Waals surface area contributed by atoms with Crippen LogP contribution in [0.4, 0.5) is 5.82 Å². The maximum Gasteiger partial charge on any atom is 0.271 e. The average molecular weight is 401 g/mol. The fourth-order valence-electron chi connectivity index (χ4n) is 4.20. The second-order valence-corrected chi connectivity index (χ2v) is 9.34. The van der Waals surface area contributed by atoms with Gasteiger partial charge < -0.3 is 14.2 Å². The third-order valence-corrected chi connectivity index (χ3v) is 6.66. The van der Waals surface area contributed by atoms with E-state index in [1.165, 1.54) is 0 Å². The molecule has 0 spiro atoms. The van der Waals surface area contributed by atoms with E-state index in [2.05, 4.69) is 18.9 Å². The topological polar surface area (TPSA) is 77.8 Å². The Morgan fingerprint density at radius 2 is 2.11 bits per heavy atom. The summed E-state index contributed by atoms with van der Waals surface area (Å²) in [7, 11) is 0. The summed E-state index contributed by atoms with van der Waals surface area (Å²) in [6.45, 7) is 7.08. The van der Waals surface area contributed by atoms with Gasteiger partial charge in [-0.3, -0.25) is 14.6 Å². The predicted octanol–water partition coefficient (Wildman–Crippen LogP) is 3.92. The van der Waals surface area contributed by atoms with Gasteiger partial charge in [-0.05, 0) is 51.3 Å². The smallest absolute Gasteiger partial charge is 0.271 e. The fourth-order valence-corrected chi connectivity index (χ4v) is 5.30. The molecular formula is C20H23N3O4S. The third-order valence-electron chi connectivity index (χ3n) is 5.49. The molecule has 2 aromatic rings. The summed E-state index contributed by atoms with van der Waals surface area (Å²) in [5.74, 6) is 2.21. The van der Waals surface area contributed by atoms with Crippen molar-refractivity contribution >= 4 is 22.6 Å². The first kappa shape index (κ1) is 17.9. The van der Waals surface area contributed by atoms with E-state index in [-0.39, 0.29) is 29.2 Å². The summed E-state index contributed by atoms with van der Waals surface area (Å²) < 4.78 is 18.8. The van der Waals surface area contributed by atoms with Crippen LogP contribution in [-0.4, -0.2) is 33.8 Å². The predicted molar refractivity (Wildman–Crippen MR) is 108 cm³/mol. The van der Waals surface area contributed by atoms with E-state index in [4.69, 9.17) is 19.2 Å². The molecule has 1 N–H and O–H groups in total. The summed E-state index contributed by atoms with van der Waals surface area (Å²) in [6, 6.07) is 6.04. The standard InChI is InChI=1S/C20H23N3O4S/c1-11-21-18-16(17(28-11)12-4-5-14-15(8-12)26-10-25-14)19(24)22-23(18)13-6-7-27-20(2,3)9-13/h4-5,8,13,17H,6-7,9-10H2,1-3H3,(H,22,24)/t13-,17+/m1/s1. The summed E-state index contributed by atoms with van der Waals surface area (Å²) in [5, 5.41) is 3.88. The van der Waals surface area contributed by atoms with Crippen LogP contribution >= 0.6 is 11.8 Å². The number of aromatic amines is 1. The average Bonchev–Trinajstić information content (AvgIpc) is 3.24. The Morgan fingerprint density at radius 1 is 1.29 bits per heavy atom.